The fraction of sp³-hybridized carbons (Fsp3) is 0.500. The number of rotatable bonds is 7. The SMILES string of the molecule is O=C(CCCCCN1C(=O)[C@@H]2[C@H](C1=O)C1(Cl)c3ccccc3C2(Cl)c2ccccc21)NC1CCCCC1. The van der Waals surface area contributed by atoms with Crippen molar-refractivity contribution in [1.29, 1.82) is 0 Å². The number of halogens is 2. The van der Waals surface area contributed by atoms with Crippen LogP contribution in [0.25, 0.3) is 0 Å². The third-order valence-electron chi connectivity index (χ3n) is 8.93. The van der Waals surface area contributed by atoms with Crippen molar-refractivity contribution in [2.24, 2.45) is 11.8 Å². The lowest BCUT2D eigenvalue weighted by Crippen LogP contribution is -2.57. The van der Waals surface area contributed by atoms with Gasteiger partial charge in [-0.15, -0.1) is 23.2 Å². The summed E-state index contributed by atoms with van der Waals surface area (Å²) in [6, 6.07) is 15.7. The lowest BCUT2D eigenvalue weighted by molar-refractivity contribution is -0.140. The molecule has 5 aliphatic rings. The first-order valence-electron chi connectivity index (χ1n) is 13.6. The number of carbonyl (C=O) groups excluding carboxylic acids is 3. The van der Waals surface area contributed by atoms with E-state index in [4.69, 9.17) is 23.2 Å². The lowest BCUT2D eigenvalue weighted by Gasteiger charge is -2.54. The van der Waals surface area contributed by atoms with Crippen LogP contribution < -0.4 is 5.32 Å². The van der Waals surface area contributed by atoms with Crippen LogP contribution in [0.1, 0.15) is 80.0 Å². The third-order valence-corrected chi connectivity index (χ3v) is 10.2. The summed E-state index contributed by atoms with van der Waals surface area (Å²) in [6.45, 7) is 0.321. The van der Waals surface area contributed by atoms with Crippen LogP contribution in [-0.4, -0.2) is 35.2 Å². The van der Waals surface area contributed by atoms with Crippen molar-refractivity contribution in [3.05, 3.63) is 70.8 Å². The molecule has 2 fully saturated rings. The number of amides is 3. The molecule has 1 aliphatic heterocycles. The zero-order valence-corrected chi connectivity index (χ0v) is 22.4. The third kappa shape index (κ3) is 3.68. The molecule has 0 unspecified atom stereocenters. The molecule has 194 valence electrons. The highest BCUT2D eigenvalue weighted by molar-refractivity contribution is 6.36. The molecule has 2 aromatic carbocycles. The van der Waals surface area contributed by atoms with E-state index in [1.807, 2.05) is 48.5 Å². The number of hydrogen-bond acceptors (Lipinski definition) is 3. The summed E-state index contributed by atoms with van der Waals surface area (Å²) in [6.07, 6.45) is 8.41. The van der Waals surface area contributed by atoms with E-state index in [-0.39, 0.29) is 17.7 Å². The Kier molecular flexibility index (Phi) is 6.35. The zero-order chi connectivity index (χ0) is 25.8. The summed E-state index contributed by atoms with van der Waals surface area (Å²) in [5, 5.41) is 3.15. The molecular weight excluding hydrogens is 507 g/mol. The summed E-state index contributed by atoms with van der Waals surface area (Å²) >= 11 is 14.9. The molecule has 2 aromatic rings. The van der Waals surface area contributed by atoms with Crippen molar-refractivity contribution in [2.75, 3.05) is 6.54 Å². The summed E-state index contributed by atoms with van der Waals surface area (Å²) in [7, 11) is 0. The molecular formula is C30H32Cl2N2O3. The normalized spacial score (nSPS) is 30.2. The Hall–Kier alpha value is -2.37. The predicted octanol–water partition coefficient (Wildman–Crippen LogP) is 5.59. The minimum atomic E-state index is -1.13. The second kappa shape index (κ2) is 9.43. The molecule has 37 heavy (non-hydrogen) atoms. The van der Waals surface area contributed by atoms with Crippen molar-refractivity contribution >= 4 is 40.9 Å². The van der Waals surface area contributed by atoms with Gasteiger partial charge in [0.2, 0.25) is 17.7 Å². The van der Waals surface area contributed by atoms with Crippen LogP contribution >= 0.6 is 23.2 Å². The first-order valence-corrected chi connectivity index (χ1v) is 14.4. The molecule has 7 heteroatoms. The van der Waals surface area contributed by atoms with Crippen molar-refractivity contribution in [2.45, 2.75) is 73.6 Å². The number of carbonyl (C=O) groups is 3. The quantitative estimate of drug-likeness (QED) is 0.284. The van der Waals surface area contributed by atoms with Gasteiger partial charge >= 0.3 is 0 Å². The molecule has 0 aromatic heterocycles. The van der Waals surface area contributed by atoms with Gasteiger partial charge in [0.15, 0.2) is 0 Å². The molecule has 5 nitrogen and oxygen atoms in total. The van der Waals surface area contributed by atoms with Crippen LogP contribution in [0.15, 0.2) is 48.5 Å². The molecule has 2 bridgehead atoms. The molecule has 0 radical (unpaired) electrons. The largest absolute Gasteiger partial charge is 0.353 e. The Morgan fingerprint density at radius 3 is 1.76 bits per heavy atom. The first-order chi connectivity index (χ1) is 17.9. The van der Waals surface area contributed by atoms with Gasteiger partial charge in [0.1, 0.15) is 9.75 Å². The number of nitrogens with zero attached hydrogens (tertiary/aromatic N) is 1. The Labute approximate surface area is 227 Å². The van der Waals surface area contributed by atoms with E-state index in [1.165, 1.54) is 24.2 Å². The van der Waals surface area contributed by atoms with E-state index >= 15 is 0 Å². The smallest absolute Gasteiger partial charge is 0.235 e. The van der Waals surface area contributed by atoms with Crippen LogP contribution in [0.2, 0.25) is 0 Å². The molecule has 1 saturated heterocycles. The van der Waals surface area contributed by atoms with Crippen molar-refractivity contribution < 1.29 is 14.4 Å². The van der Waals surface area contributed by atoms with Gasteiger partial charge < -0.3 is 5.32 Å². The highest BCUT2D eigenvalue weighted by atomic mass is 35.5. The summed E-state index contributed by atoms with van der Waals surface area (Å²) < 4.78 is 0. The van der Waals surface area contributed by atoms with Gasteiger partial charge in [-0.1, -0.05) is 74.2 Å². The predicted molar refractivity (Wildman–Crippen MR) is 143 cm³/mol. The zero-order valence-electron chi connectivity index (χ0n) is 20.8. The van der Waals surface area contributed by atoms with Gasteiger partial charge in [-0.05, 0) is 47.9 Å². The van der Waals surface area contributed by atoms with Gasteiger partial charge in [-0.2, -0.15) is 0 Å². The average Bonchev–Trinajstić information content (AvgIpc) is 3.18. The van der Waals surface area contributed by atoms with Crippen LogP contribution in [0, 0.1) is 11.8 Å². The molecule has 4 aliphatic carbocycles. The summed E-state index contributed by atoms with van der Waals surface area (Å²) in [5.41, 5.74) is 3.27. The lowest BCUT2D eigenvalue weighted by atomic mass is 9.54. The summed E-state index contributed by atoms with van der Waals surface area (Å²) in [4.78, 5) is 39.0. The molecule has 1 heterocycles. The molecule has 1 N–H and O–H groups in total. The number of benzene rings is 2. The molecule has 7 rings (SSSR count). The number of hydrogen-bond donors (Lipinski definition) is 1. The van der Waals surface area contributed by atoms with E-state index < -0.39 is 21.6 Å². The van der Waals surface area contributed by atoms with Gasteiger partial charge in [-0.3, -0.25) is 19.3 Å². The molecule has 3 amide bonds. The fourth-order valence-electron chi connectivity index (χ4n) is 7.22. The van der Waals surface area contributed by atoms with Crippen molar-refractivity contribution in [3.63, 3.8) is 0 Å². The monoisotopic (exact) mass is 538 g/mol. The first kappa shape index (κ1) is 24.9. The van der Waals surface area contributed by atoms with E-state index in [9.17, 15) is 14.4 Å². The average molecular weight is 540 g/mol. The highest BCUT2D eigenvalue weighted by Crippen LogP contribution is 2.69. The van der Waals surface area contributed by atoms with E-state index in [0.717, 1.165) is 47.9 Å². The highest BCUT2D eigenvalue weighted by Gasteiger charge is 2.72. The van der Waals surface area contributed by atoms with Crippen LogP contribution in [0.4, 0.5) is 0 Å². The minimum absolute atomic E-state index is 0.103. The number of unbranched alkanes of at least 4 members (excludes halogenated alkanes) is 2. The summed E-state index contributed by atoms with van der Waals surface area (Å²) in [5.74, 6) is -1.87. The molecule has 1 saturated carbocycles. The Morgan fingerprint density at radius 1 is 0.784 bits per heavy atom. The topological polar surface area (TPSA) is 66.5 Å². The van der Waals surface area contributed by atoms with Crippen LogP contribution in [0.5, 0.6) is 0 Å². The fourth-order valence-corrected chi connectivity index (χ4v) is 8.32. The molecule has 0 spiro atoms. The second-order valence-corrected chi connectivity index (χ2v) is 12.2. The van der Waals surface area contributed by atoms with E-state index in [0.29, 0.717) is 25.4 Å². The Balaban J connectivity index is 1.16. The van der Waals surface area contributed by atoms with Crippen LogP contribution in [-0.2, 0) is 24.1 Å². The minimum Gasteiger partial charge on any atom is -0.353 e. The van der Waals surface area contributed by atoms with Gasteiger partial charge in [0.05, 0.1) is 11.8 Å². The van der Waals surface area contributed by atoms with Gasteiger partial charge in [0, 0.05) is 19.0 Å². The number of likely N-dealkylation sites (tertiary alicyclic amines) is 1. The van der Waals surface area contributed by atoms with Crippen LogP contribution in [0.3, 0.4) is 0 Å². The maximum Gasteiger partial charge on any atom is 0.235 e. The van der Waals surface area contributed by atoms with Crippen molar-refractivity contribution in [3.8, 4) is 0 Å². The Bertz CT molecular complexity index is 1130. The van der Waals surface area contributed by atoms with Crippen molar-refractivity contribution in [1.82, 2.24) is 10.2 Å². The van der Waals surface area contributed by atoms with Gasteiger partial charge in [-0.25, -0.2) is 0 Å². The number of imide groups is 1. The second-order valence-electron chi connectivity index (χ2n) is 11.0. The number of nitrogens with one attached hydrogen (secondary N) is 1. The number of alkyl halides is 2. The Morgan fingerprint density at radius 2 is 1.27 bits per heavy atom. The standard InChI is InChI=1S/C30H32Cl2N2O3/c31-29-20-13-6-7-14-21(20)30(32,23-16-9-8-15-22(23)29)26-25(29)27(36)34(28(26)37)18-10-2-5-17-24(35)33-19-11-3-1-4-12-19/h6-9,13-16,19,25-26H,1-5,10-12,17-18H2,(H,33,35)/t25-,26+,29?,30?. The van der Waals surface area contributed by atoms with E-state index in [2.05, 4.69) is 5.32 Å². The molecule has 2 atom stereocenters. The maximum absolute atomic E-state index is 13.8. The van der Waals surface area contributed by atoms with E-state index in [1.54, 1.807) is 0 Å². The maximum atomic E-state index is 13.8. The van der Waals surface area contributed by atoms with Gasteiger partial charge in [0.25, 0.3) is 0 Å².